The number of ether oxygens (including phenoxy) is 1. The predicted octanol–water partition coefficient (Wildman–Crippen LogP) is 0.761. The van der Waals surface area contributed by atoms with E-state index in [0.717, 1.165) is 11.8 Å². The lowest BCUT2D eigenvalue weighted by atomic mass is 10.1. The van der Waals surface area contributed by atoms with Gasteiger partial charge in [0.05, 0.1) is 18.9 Å². The molecule has 0 aromatic carbocycles. The third kappa shape index (κ3) is 5.29. The van der Waals surface area contributed by atoms with E-state index >= 15 is 0 Å². The van der Waals surface area contributed by atoms with E-state index in [4.69, 9.17) is 8.92 Å². The van der Waals surface area contributed by atoms with Gasteiger partial charge in [-0.3, -0.25) is 4.18 Å². The maximum absolute atomic E-state index is 12.1. The minimum Gasteiger partial charge on any atom is -0.445 e. The number of hydrogen-bond donors (Lipinski definition) is 0. The van der Waals surface area contributed by atoms with Gasteiger partial charge in [0.25, 0.3) is 10.1 Å². The van der Waals surface area contributed by atoms with E-state index in [1.165, 1.54) is 17.3 Å². The quantitative estimate of drug-likeness (QED) is 0.556. The number of hydrogen-bond acceptors (Lipinski definition) is 7. The zero-order valence-electron chi connectivity index (χ0n) is 12.8. The molecule has 126 valence electrons. The van der Waals surface area contributed by atoms with Gasteiger partial charge in [0.15, 0.2) is 0 Å². The molecule has 1 amide bonds. The average molecular weight is 341 g/mol. The molecule has 0 bridgehead atoms. The zero-order valence-corrected chi connectivity index (χ0v) is 13.6. The maximum atomic E-state index is 12.1. The van der Waals surface area contributed by atoms with Crippen molar-refractivity contribution in [2.45, 2.75) is 25.0 Å². The predicted molar refractivity (Wildman–Crippen MR) is 82.1 cm³/mol. The molecule has 0 spiro atoms. The smallest absolute Gasteiger partial charge is 0.410 e. The van der Waals surface area contributed by atoms with Crippen molar-refractivity contribution in [1.29, 1.82) is 0 Å². The molecule has 1 aliphatic heterocycles. The molecular weight excluding hydrogens is 322 g/mol. The van der Waals surface area contributed by atoms with Crippen LogP contribution in [-0.4, -0.2) is 60.9 Å². The van der Waals surface area contributed by atoms with Crippen LogP contribution >= 0.6 is 0 Å². The van der Waals surface area contributed by atoms with E-state index in [-0.39, 0.29) is 19.2 Å². The molecule has 0 aliphatic carbocycles. The highest BCUT2D eigenvalue weighted by Crippen LogP contribution is 2.25. The second-order valence-corrected chi connectivity index (χ2v) is 6.88. The highest BCUT2D eigenvalue weighted by atomic mass is 32.2. The molecule has 9 heteroatoms. The van der Waals surface area contributed by atoms with Crippen LogP contribution in [0.4, 0.5) is 4.79 Å². The number of amides is 1. The van der Waals surface area contributed by atoms with Crippen molar-refractivity contribution < 1.29 is 22.1 Å². The SMILES string of the molecule is C=CCOC(=O)N1CC(OS(C)(=O)=O)CC1Cc1cncnc1. The molecule has 1 saturated heterocycles. The highest BCUT2D eigenvalue weighted by Gasteiger charge is 2.38. The van der Waals surface area contributed by atoms with Crippen LogP contribution in [0.1, 0.15) is 12.0 Å². The van der Waals surface area contributed by atoms with E-state index in [1.807, 2.05) is 0 Å². The van der Waals surface area contributed by atoms with Gasteiger partial charge in [0.1, 0.15) is 12.9 Å². The zero-order chi connectivity index (χ0) is 16.9. The van der Waals surface area contributed by atoms with Crippen molar-refractivity contribution in [2.75, 3.05) is 19.4 Å². The molecule has 2 atom stereocenters. The minimum atomic E-state index is -3.59. The Hall–Kier alpha value is -2.00. The van der Waals surface area contributed by atoms with Crippen molar-refractivity contribution in [2.24, 2.45) is 0 Å². The van der Waals surface area contributed by atoms with Gasteiger partial charge >= 0.3 is 6.09 Å². The first-order valence-electron chi connectivity index (χ1n) is 7.05. The van der Waals surface area contributed by atoms with E-state index in [1.54, 1.807) is 12.4 Å². The largest absolute Gasteiger partial charge is 0.445 e. The van der Waals surface area contributed by atoms with Gasteiger partial charge in [-0.1, -0.05) is 12.7 Å². The van der Waals surface area contributed by atoms with Crippen LogP contribution < -0.4 is 0 Å². The van der Waals surface area contributed by atoms with Crippen molar-refractivity contribution in [1.82, 2.24) is 14.9 Å². The fraction of sp³-hybridized carbons (Fsp3) is 0.500. The Morgan fingerprint density at radius 1 is 1.48 bits per heavy atom. The summed E-state index contributed by atoms with van der Waals surface area (Å²) in [5.41, 5.74) is 0.846. The van der Waals surface area contributed by atoms with Crippen LogP contribution in [0.5, 0.6) is 0 Å². The molecule has 2 unspecified atom stereocenters. The third-order valence-corrected chi connectivity index (χ3v) is 3.95. The van der Waals surface area contributed by atoms with Gasteiger partial charge in [-0.15, -0.1) is 0 Å². The Balaban J connectivity index is 2.10. The summed E-state index contributed by atoms with van der Waals surface area (Å²) in [5.74, 6) is 0. The molecule has 1 aliphatic rings. The average Bonchev–Trinajstić information content (AvgIpc) is 2.86. The lowest BCUT2D eigenvalue weighted by molar-refractivity contribution is 0.104. The van der Waals surface area contributed by atoms with Crippen LogP contribution in [0.3, 0.4) is 0 Å². The van der Waals surface area contributed by atoms with E-state index in [2.05, 4.69) is 16.5 Å². The normalized spacial score (nSPS) is 21.2. The van der Waals surface area contributed by atoms with Crippen molar-refractivity contribution in [3.8, 4) is 0 Å². The molecule has 0 saturated carbocycles. The molecular formula is C14H19N3O5S. The topological polar surface area (TPSA) is 98.7 Å². The number of likely N-dealkylation sites (tertiary alicyclic amines) is 1. The summed E-state index contributed by atoms with van der Waals surface area (Å²) in [5, 5.41) is 0. The van der Waals surface area contributed by atoms with Crippen molar-refractivity contribution in [3.05, 3.63) is 36.9 Å². The van der Waals surface area contributed by atoms with Gasteiger partial charge < -0.3 is 9.64 Å². The van der Waals surface area contributed by atoms with Crippen molar-refractivity contribution >= 4 is 16.2 Å². The molecule has 0 radical (unpaired) electrons. The second kappa shape index (κ2) is 7.51. The second-order valence-electron chi connectivity index (χ2n) is 5.28. The Kier molecular flexibility index (Phi) is 5.67. The molecule has 1 fully saturated rings. The number of carbonyl (C=O) groups excluding carboxylic acids is 1. The van der Waals surface area contributed by atoms with Gasteiger partial charge in [0.2, 0.25) is 0 Å². The molecule has 1 aromatic heterocycles. The number of aromatic nitrogens is 2. The highest BCUT2D eigenvalue weighted by molar-refractivity contribution is 7.86. The first-order chi connectivity index (χ1) is 10.9. The van der Waals surface area contributed by atoms with Gasteiger partial charge in [0, 0.05) is 18.4 Å². The summed E-state index contributed by atoms with van der Waals surface area (Å²) in [6.45, 7) is 3.74. The molecule has 0 N–H and O–H groups in total. The fourth-order valence-electron chi connectivity index (χ4n) is 2.53. The third-order valence-electron chi connectivity index (χ3n) is 3.33. The van der Waals surface area contributed by atoms with E-state index in [9.17, 15) is 13.2 Å². The van der Waals surface area contributed by atoms with E-state index in [0.29, 0.717) is 12.8 Å². The summed E-state index contributed by atoms with van der Waals surface area (Å²) >= 11 is 0. The van der Waals surface area contributed by atoms with Crippen LogP contribution in [0, 0.1) is 0 Å². The molecule has 23 heavy (non-hydrogen) atoms. The molecule has 2 rings (SSSR count). The molecule has 2 heterocycles. The van der Waals surface area contributed by atoms with Gasteiger partial charge in [-0.05, 0) is 18.4 Å². The lowest BCUT2D eigenvalue weighted by Gasteiger charge is -2.23. The summed E-state index contributed by atoms with van der Waals surface area (Å²) in [4.78, 5) is 21.5. The number of rotatable bonds is 6. The van der Waals surface area contributed by atoms with Crippen LogP contribution in [-0.2, 0) is 25.5 Å². The summed E-state index contributed by atoms with van der Waals surface area (Å²) in [7, 11) is -3.59. The van der Waals surface area contributed by atoms with Crippen LogP contribution in [0.2, 0.25) is 0 Å². The van der Waals surface area contributed by atoms with E-state index < -0.39 is 22.3 Å². The lowest BCUT2D eigenvalue weighted by Crippen LogP contribution is -2.37. The Morgan fingerprint density at radius 3 is 2.78 bits per heavy atom. The Bertz CT molecular complexity index is 650. The minimum absolute atomic E-state index is 0.0914. The number of carbonyl (C=O) groups is 1. The van der Waals surface area contributed by atoms with Crippen LogP contribution in [0.25, 0.3) is 0 Å². The van der Waals surface area contributed by atoms with Gasteiger partial charge in [-0.2, -0.15) is 8.42 Å². The maximum Gasteiger partial charge on any atom is 0.410 e. The Morgan fingerprint density at radius 2 is 2.17 bits per heavy atom. The first-order valence-corrected chi connectivity index (χ1v) is 8.87. The summed E-state index contributed by atoms with van der Waals surface area (Å²) in [6, 6.07) is -0.245. The Labute approximate surface area is 135 Å². The van der Waals surface area contributed by atoms with Crippen LogP contribution in [0.15, 0.2) is 31.4 Å². The van der Waals surface area contributed by atoms with Gasteiger partial charge in [-0.25, -0.2) is 14.8 Å². The summed E-state index contributed by atoms with van der Waals surface area (Å²) in [6.07, 6.45) is 6.98. The molecule has 8 nitrogen and oxygen atoms in total. The van der Waals surface area contributed by atoms with Crippen molar-refractivity contribution in [3.63, 3.8) is 0 Å². The monoisotopic (exact) mass is 341 g/mol. The number of nitrogens with zero attached hydrogens (tertiary/aromatic N) is 3. The summed E-state index contributed by atoms with van der Waals surface area (Å²) < 4.78 is 32.7. The fourth-order valence-corrected chi connectivity index (χ4v) is 3.16. The molecule has 1 aromatic rings. The standard InChI is InChI=1S/C14H19N3O5S/c1-3-4-21-14(18)17-9-13(22-23(2,19)20)6-12(17)5-11-7-15-10-16-8-11/h3,7-8,10,12-13H,1,4-6,9H2,2H3. The first kappa shape index (κ1) is 17.4.